The molecule has 0 unspecified atom stereocenters. The number of amides is 2. The van der Waals surface area contributed by atoms with E-state index in [1.54, 1.807) is 19.2 Å². The second-order valence-corrected chi connectivity index (χ2v) is 7.36. The van der Waals surface area contributed by atoms with Gasteiger partial charge in [-0.2, -0.15) is 0 Å². The number of carbonyl (C=O) groups excluding carboxylic acids is 2. The Kier molecular flexibility index (Phi) is 6.17. The van der Waals surface area contributed by atoms with Crippen LogP contribution < -0.4 is 20.3 Å². The van der Waals surface area contributed by atoms with Crippen molar-refractivity contribution in [3.63, 3.8) is 0 Å². The third-order valence-electron chi connectivity index (χ3n) is 5.35. The fraction of sp³-hybridized carbons (Fsp3) is 0.200. The van der Waals surface area contributed by atoms with E-state index in [-0.39, 0.29) is 18.4 Å². The first kappa shape index (κ1) is 20.5. The van der Waals surface area contributed by atoms with Crippen LogP contribution in [0.4, 0.5) is 17.1 Å². The number of fused-ring (bicyclic) bond motifs is 1. The molecule has 3 aromatic rings. The Bertz CT molecular complexity index is 1080. The largest absolute Gasteiger partial charge is 0.497 e. The van der Waals surface area contributed by atoms with Crippen molar-refractivity contribution in [1.82, 2.24) is 0 Å². The highest BCUT2D eigenvalue weighted by molar-refractivity contribution is 6.06. The number of methoxy groups -OCH3 is 1. The maximum atomic E-state index is 13.0. The fourth-order valence-electron chi connectivity index (χ4n) is 3.76. The molecule has 3 aromatic carbocycles. The van der Waals surface area contributed by atoms with E-state index >= 15 is 0 Å². The lowest BCUT2D eigenvalue weighted by molar-refractivity contribution is -0.117. The highest BCUT2D eigenvalue weighted by atomic mass is 16.5. The fourth-order valence-corrected chi connectivity index (χ4v) is 3.76. The SMILES string of the molecule is COc1ccc2c(c1)CCCN2C(=O)CNc1ccccc1NC(=O)c1ccccc1. The summed E-state index contributed by atoms with van der Waals surface area (Å²) in [6, 6.07) is 22.2. The molecule has 2 amide bonds. The minimum atomic E-state index is -0.194. The Morgan fingerprint density at radius 1 is 0.968 bits per heavy atom. The zero-order chi connectivity index (χ0) is 21.6. The summed E-state index contributed by atoms with van der Waals surface area (Å²) in [5.74, 6) is 0.588. The molecule has 0 fully saturated rings. The minimum Gasteiger partial charge on any atom is -0.497 e. The van der Waals surface area contributed by atoms with Gasteiger partial charge in [-0.15, -0.1) is 0 Å². The first-order chi connectivity index (χ1) is 15.2. The number of carbonyl (C=O) groups is 2. The number of hydrogen-bond acceptors (Lipinski definition) is 4. The second kappa shape index (κ2) is 9.34. The molecule has 31 heavy (non-hydrogen) atoms. The first-order valence-electron chi connectivity index (χ1n) is 10.3. The smallest absolute Gasteiger partial charge is 0.255 e. The van der Waals surface area contributed by atoms with Crippen LogP contribution in [0.5, 0.6) is 5.75 Å². The molecule has 0 bridgehead atoms. The third kappa shape index (κ3) is 4.69. The van der Waals surface area contributed by atoms with Gasteiger partial charge in [-0.05, 0) is 60.9 Å². The molecule has 6 heteroatoms. The van der Waals surface area contributed by atoms with Gasteiger partial charge in [0.15, 0.2) is 0 Å². The van der Waals surface area contributed by atoms with Crippen molar-refractivity contribution >= 4 is 28.9 Å². The van der Waals surface area contributed by atoms with E-state index in [0.29, 0.717) is 23.5 Å². The summed E-state index contributed by atoms with van der Waals surface area (Å²) >= 11 is 0. The topological polar surface area (TPSA) is 70.7 Å². The van der Waals surface area contributed by atoms with Crippen molar-refractivity contribution < 1.29 is 14.3 Å². The van der Waals surface area contributed by atoms with Crippen LogP contribution in [0.25, 0.3) is 0 Å². The Morgan fingerprint density at radius 2 is 1.71 bits per heavy atom. The van der Waals surface area contributed by atoms with Gasteiger partial charge in [0.1, 0.15) is 5.75 Å². The van der Waals surface area contributed by atoms with Gasteiger partial charge in [0.25, 0.3) is 5.91 Å². The van der Waals surface area contributed by atoms with Crippen LogP contribution in [0.3, 0.4) is 0 Å². The number of para-hydroxylation sites is 2. The van der Waals surface area contributed by atoms with Gasteiger partial charge in [-0.1, -0.05) is 30.3 Å². The number of nitrogens with one attached hydrogen (secondary N) is 2. The molecule has 2 N–H and O–H groups in total. The monoisotopic (exact) mass is 415 g/mol. The minimum absolute atomic E-state index is 0.0182. The van der Waals surface area contributed by atoms with Crippen molar-refractivity contribution in [1.29, 1.82) is 0 Å². The van der Waals surface area contributed by atoms with E-state index in [0.717, 1.165) is 29.8 Å². The average Bonchev–Trinajstić information content (AvgIpc) is 2.83. The predicted molar refractivity (Wildman–Crippen MR) is 123 cm³/mol. The molecular weight excluding hydrogens is 390 g/mol. The van der Waals surface area contributed by atoms with Crippen LogP contribution in [-0.2, 0) is 11.2 Å². The molecule has 6 nitrogen and oxygen atoms in total. The number of hydrogen-bond donors (Lipinski definition) is 2. The lowest BCUT2D eigenvalue weighted by Gasteiger charge is -2.30. The summed E-state index contributed by atoms with van der Waals surface area (Å²) in [5.41, 5.74) is 3.97. The van der Waals surface area contributed by atoms with Gasteiger partial charge in [-0.3, -0.25) is 9.59 Å². The van der Waals surface area contributed by atoms with Crippen LogP contribution in [0.1, 0.15) is 22.3 Å². The molecule has 0 aliphatic carbocycles. The molecule has 1 heterocycles. The van der Waals surface area contributed by atoms with E-state index in [9.17, 15) is 9.59 Å². The molecule has 0 spiro atoms. The van der Waals surface area contributed by atoms with Gasteiger partial charge in [0, 0.05) is 17.8 Å². The second-order valence-electron chi connectivity index (χ2n) is 7.36. The molecule has 1 aliphatic heterocycles. The molecule has 0 radical (unpaired) electrons. The number of benzene rings is 3. The Balaban J connectivity index is 1.45. The first-order valence-corrected chi connectivity index (χ1v) is 10.3. The zero-order valence-corrected chi connectivity index (χ0v) is 17.4. The number of aryl methyl sites for hydroxylation is 1. The maximum Gasteiger partial charge on any atom is 0.255 e. The molecule has 4 rings (SSSR count). The van der Waals surface area contributed by atoms with Crippen LogP contribution in [0, 0.1) is 0 Å². The summed E-state index contributed by atoms with van der Waals surface area (Å²) in [6.45, 7) is 0.815. The molecular formula is C25H25N3O3. The normalized spacial score (nSPS) is 12.6. The Hall–Kier alpha value is -3.80. The van der Waals surface area contributed by atoms with Gasteiger partial charge >= 0.3 is 0 Å². The van der Waals surface area contributed by atoms with E-state index < -0.39 is 0 Å². The van der Waals surface area contributed by atoms with Gasteiger partial charge in [0.2, 0.25) is 5.91 Å². The molecule has 1 aliphatic rings. The van der Waals surface area contributed by atoms with E-state index in [1.807, 2.05) is 65.6 Å². The Labute approximate surface area is 181 Å². The van der Waals surface area contributed by atoms with E-state index in [2.05, 4.69) is 10.6 Å². The molecule has 0 aromatic heterocycles. The standard InChI is InChI=1S/C25H25N3O3/c1-31-20-13-14-23-19(16-20)10-7-15-28(23)24(29)17-26-21-11-5-6-12-22(21)27-25(30)18-8-3-2-4-9-18/h2-6,8-9,11-14,16,26H,7,10,15,17H2,1H3,(H,27,30). The molecule has 0 saturated heterocycles. The van der Waals surface area contributed by atoms with Gasteiger partial charge in [-0.25, -0.2) is 0 Å². The van der Waals surface area contributed by atoms with Crippen LogP contribution in [0.2, 0.25) is 0 Å². The Morgan fingerprint density at radius 3 is 2.48 bits per heavy atom. The zero-order valence-electron chi connectivity index (χ0n) is 17.4. The molecule has 0 saturated carbocycles. The van der Waals surface area contributed by atoms with Crippen LogP contribution in [0.15, 0.2) is 72.8 Å². The number of ether oxygens (including phenoxy) is 1. The molecule has 158 valence electrons. The van der Waals surface area contributed by atoms with Crippen molar-refractivity contribution in [2.75, 3.05) is 35.7 Å². The predicted octanol–water partition coefficient (Wildman–Crippen LogP) is 4.34. The van der Waals surface area contributed by atoms with Gasteiger partial charge < -0.3 is 20.3 Å². The van der Waals surface area contributed by atoms with E-state index in [1.165, 1.54) is 0 Å². The van der Waals surface area contributed by atoms with Crippen molar-refractivity contribution in [3.8, 4) is 5.75 Å². The van der Waals surface area contributed by atoms with Crippen LogP contribution >= 0.6 is 0 Å². The summed E-state index contributed by atoms with van der Waals surface area (Å²) in [4.78, 5) is 27.3. The summed E-state index contributed by atoms with van der Waals surface area (Å²) < 4.78 is 5.31. The summed E-state index contributed by atoms with van der Waals surface area (Å²) in [6.07, 6.45) is 1.84. The lowest BCUT2D eigenvalue weighted by Crippen LogP contribution is -2.39. The van der Waals surface area contributed by atoms with Crippen LogP contribution in [-0.4, -0.2) is 32.0 Å². The molecule has 0 atom stereocenters. The quantitative estimate of drug-likeness (QED) is 0.628. The highest BCUT2D eigenvalue weighted by Crippen LogP contribution is 2.30. The highest BCUT2D eigenvalue weighted by Gasteiger charge is 2.23. The number of anilines is 3. The van der Waals surface area contributed by atoms with Gasteiger partial charge in [0.05, 0.1) is 25.0 Å². The summed E-state index contributed by atoms with van der Waals surface area (Å²) in [7, 11) is 1.64. The maximum absolute atomic E-state index is 13.0. The van der Waals surface area contributed by atoms with E-state index in [4.69, 9.17) is 4.74 Å². The lowest BCUT2D eigenvalue weighted by atomic mass is 10.0. The summed E-state index contributed by atoms with van der Waals surface area (Å²) in [5, 5.41) is 6.11. The number of rotatable bonds is 6. The van der Waals surface area contributed by atoms with Crippen molar-refractivity contribution in [3.05, 3.63) is 83.9 Å². The number of nitrogens with zero attached hydrogens (tertiary/aromatic N) is 1. The van der Waals surface area contributed by atoms with Crippen molar-refractivity contribution in [2.24, 2.45) is 0 Å². The van der Waals surface area contributed by atoms with Crippen molar-refractivity contribution in [2.45, 2.75) is 12.8 Å². The average molecular weight is 415 g/mol. The third-order valence-corrected chi connectivity index (χ3v) is 5.35.